The molecular formula is C17H20F3N3O4S. The molecule has 2 aliphatic heterocycles. The molecule has 2 N–H and O–H groups in total. The van der Waals surface area contributed by atoms with Gasteiger partial charge in [-0.05, 0) is 44.0 Å². The van der Waals surface area contributed by atoms with E-state index in [9.17, 15) is 22.8 Å². The first-order valence-electron chi connectivity index (χ1n) is 8.67. The SMILES string of the molecule is C[C@]1(CSN2CCC(Oc3ccc(OC(F)(F)F)cc3)CC2)NC(=O)NC1=O. The third kappa shape index (κ3) is 5.44. The van der Waals surface area contributed by atoms with Crippen LogP contribution in [-0.2, 0) is 4.79 Å². The lowest BCUT2D eigenvalue weighted by molar-refractivity contribution is -0.274. The van der Waals surface area contributed by atoms with E-state index in [2.05, 4.69) is 19.7 Å². The molecule has 11 heteroatoms. The molecule has 2 heterocycles. The van der Waals surface area contributed by atoms with Crippen LogP contribution < -0.4 is 20.1 Å². The molecule has 28 heavy (non-hydrogen) atoms. The minimum Gasteiger partial charge on any atom is -0.490 e. The summed E-state index contributed by atoms with van der Waals surface area (Å²) < 4.78 is 48.3. The molecule has 0 aromatic heterocycles. The highest BCUT2D eigenvalue weighted by molar-refractivity contribution is 7.97. The van der Waals surface area contributed by atoms with Crippen molar-refractivity contribution in [1.82, 2.24) is 14.9 Å². The van der Waals surface area contributed by atoms with E-state index in [-0.39, 0.29) is 17.8 Å². The Labute approximate surface area is 164 Å². The lowest BCUT2D eigenvalue weighted by Crippen LogP contribution is -2.47. The Balaban J connectivity index is 1.42. The second kappa shape index (κ2) is 8.08. The topological polar surface area (TPSA) is 79.9 Å². The van der Waals surface area contributed by atoms with Crippen LogP contribution in [0.5, 0.6) is 11.5 Å². The minimum absolute atomic E-state index is 0.0451. The highest BCUT2D eigenvalue weighted by atomic mass is 32.2. The van der Waals surface area contributed by atoms with E-state index in [0.29, 0.717) is 11.5 Å². The highest BCUT2D eigenvalue weighted by Gasteiger charge is 2.42. The maximum absolute atomic E-state index is 12.2. The number of hydrogen-bond donors (Lipinski definition) is 2. The van der Waals surface area contributed by atoms with Crippen molar-refractivity contribution in [2.45, 2.75) is 37.8 Å². The lowest BCUT2D eigenvalue weighted by atomic mass is 10.1. The molecule has 2 aliphatic rings. The van der Waals surface area contributed by atoms with Crippen molar-refractivity contribution in [3.05, 3.63) is 24.3 Å². The van der Waals surface area contributed by atoms with Crippen molar-refractivity contribution in [2.24, 2.45) is 0 Å². The molecule has 3 amide bonds. The van der Waals surface area contributed by atoms with E-state index >= 15 is 0 Å². The molecular weight excluding hydrogens is 399 g/mol. The smallest absolute Gasteiger partial charge is 0.490 e. The third-order valence-electron chi connectivity index (χ3n) is 4.41. The number of piperidine rings is 1. The largest absolute Gasteiger partial charge is 0.573 e. The Bertz CT molecular complexity index is 723. The molecule has 1 atom stereocenters. The average molecular weight is 419 g/mol. The molecule has 154 valence electrons. The lowest BCUT2D eigenvalue weighted by Gasteiger charge is -2.32. The van der Waals surface area contributed by atoms with Crippen LogP contribution in [0.25, 0.3) is 0 Å². The van der Waals surface area contributed by atoms with Gasteiger partial charge in [0.25, 0.3) is 5.91 Å². The monoisotopic (exact) mass is 419 g/mol. The fourth-order valence-electron chi connectivity index (χ4n) is 2.89. The fourth-order valence-corrected chi connectivity index (χ4v) is 4.01. The van der Waals surface area contributed by atoms with Crippen molar-refractivity contribution in [2.75, 3.05) is 18.8 Å². The van der Waals surface area contributed by atoms with Gasteiger partial charge < -0.3 is 14.8 Å². The standard InChI is InChI=1S/C17H20F3N3O4S/c1-16(14(24)21-15(25)22-16)10-28-23-8-6-12(7-9-23)26-11-2-4-13(5-3-11)27-17(18,19)20/h2-5,12H,6-10H2,1H3,(H2,21,22,24,25)/t16-/m1/s1. The predicted octanol–water partition coefficient (Wildman–Crippen LogP) is 2.67. The van der Waals surface area contributed by atoms with Crippen LogP contribution in [0.2, 0.25) is 0 Å². The van der Waals surface area contributed by atoms with Gasteiger partial charge in [0.1, 0.15) is 23.1 Å². The van der Waals surface area contributed by atoms with Gasteiger partial charge in [-0.15, -0.1) is 13.2 Å². The van der Waals surface area contributed by atoms with Gasteiger partial charge in [-0.3, -0.25) is 14.4 Å². The van der Waals surface area contributed by atoms with Crippen LogP contribution in [0, 0.1) is 0 Å². The summed E-state index contributed by atoms with van der Waals surface area (Å²) in [5, 5.41) is 4.86. The van der Waals surface area contributed by atoms with Gasteiger partial charge in [-0.2, -0.15) is 0 Å². The van der Waals surface area contributed by atoms with Crippen LogP contribution in [-0.4, -0.2) is 53.1 Å². The highest BCUT2D eigenvalue weighted by Crippen LogP contribution is 2.28. The van der Waals surface area contributed by atoms with Gasteiger partial charge in [0.2, 0.25) is 0 Å². The minimum atomic E-state index is -4.72. The van der Waals surface area contributed by atoms with Crippen LogP contribution in [0.4, 0.5) is 18.0 Å². The molecule has 0 radical (unpaired) electrons. The summed E-state index contributed by atoms with van der Waals surface area (Å²) in [5.41, 5.74) is -0.921. The van der Waals surface area contributed by atoms with Crippen molar-refractivity contribution >= 4 is 23.9 Å². The maximum atomic E-state index is 12.2. The number of carbonyl (C=O) groups excluding carboxylic acids is 2. The Kier molecular flexibility index (Phi) is 5.94. The zero-order valence-corrected chi connectivity index (χ0v) is 15.9. The number of amides is 3. The molecule has 0 aliphatic carbocycles. The molecule has 2 saturated heterocycles. The maximum Gasteiger partial charge on any atom is 0.573 e. The van der Waals surface area contributed by atoms with Crippen molar-refractivity contribution in [3.63, 3.8) is 0 Å². The Morgan fingerprint density at radius 3 is 2.32 bits per heavy atom. The zero-order chi connectivity index (χ0) is 20.4. The number of nitrogens with zero attached hydrogens (tertiary/aromatic N) is 1. The van der Waals surface area contributed by atoms with E-state index in [1.807, 2.05) is 0 Å². The first kappa shape index (κ1) is 20.6. The summed E-state index contributed by atoms with van der Waals surface area (Å²) in [4.78, 5) is 23.1. The number of rotatable bonds is 6. The summed E-state index contributed by atoms with van der Waals surface area (Å²) in [6, 6.07) is 4.85. The molecule has 0 spiro atoms. The summed E-state index contributed by atoms with van der Waals surface area (Å²) in [6.07, 6.45) is -3.28. The van der Waals surface area contributed by atoms with Crippen LogP contribution in [0.1, 0.15) is 19.8 Å². The predicted molar refractivity (Wildman–Crippen MR) is 95.9 cm³/mol. The van der Waals surface area contributed by atoms with Gasteiger partial charge in [0.05, 0.1) is 0 Å². The Morgan fingerprint density at radius 2 is 1.79 bits per heavy atom. The van der Waals surface area contributed by atoms with E-state index in [1.165, 1.54) is 36.2 Å². The number of ether oxygens (including phenoxy) is 2. The number of carbonyl (C=O) groups is 2. The van der Waals surface area contributed by atoms with Crippen LogP contribution in [0.3, 0.4) is 0 Å². The quantitative estimate of drug-likeness (QED) is 0.545. The fraction of sp³-hybridized carbons (Fsp3) is 0.529. The summed E-state index contributed by atoms with van der Waals surface area (Å²) in [5.74, 6) is 0.291. The molecule has 0 saturated carbocycles. The van der Waals surface area contributed by atoms with Crippen molar-refractivity contribution in [1.29, 1.82) is 0 Å². The van der Waals surface area contributed by atoms with E-state index in [1.54, 1.807) is 6.92 Å². The molecule has 1 aromatic rings. The molecule has 3 rings (SSSR count). The van der Waals surface area contributed by atoms with Gasteiger partial charge in [-0.25, -0.2) is 4.79 Å². The number of hydrogen-bond acceptors (Lipinski definition) is 6. The molecule has 0 bridgehead atoms. The van der Waals surface area contributed by atoms with Crippen molar-refractivity contribution in [3.8, 4) is 11.5 Å². The van der Waals surface area contributed by atoms with Crippen LogP contribution >= 0.6 is 11.9 Å². The Morgan fingerprint density at radius 1 is 1.18 bits per heavy atom. The first-order valence-corrected chi connectivity index (χ1v) is 9.61. The normalized spacial score (nSPS) is 24.0. The number of nitrogens with one attached hydrogen (secondary N) is 2. The number of benzene rings is 1. The summed E-state index contributed by atoms with van der Waals surface area (Å²) in [7, 11) is 0. The number of imide groups is 1. The van der Waals surface area contributed by atoms with Gasteiger partial charge in [-0.1, -0.05) is 11.9 Å². The van der Waals surface area contributed by atoms with E-state index < -0.39 is 17.9 Å². The summed E-state index contributed by atoms with van der Waals surface area (Å²) in [6.45, 7) is 3.15. The molecule has 7 nitrogen and oxygen atoms in total. The zero-order valence-electron chi connectivity index (χ0n) is 15.0. The number of halogens is 3. The molecule has 2 fully saturated rings. The Hall–Kier alpha value is -2.14. The van der Waals surface area contributed by atoms with Gasteiger partial charge >= 0.3 is 12.4 Å². The summed E-state index contributed by atoms with van der Waals surface area (Å²) >= 11 is 1.49. The van der Waals surface area contributed by atoms with Crippen molar-refractivity contribution < 1.29 is 32.2 Å². The van der Waals surface area contributed by atoms with Gasteiger partial charge in [0, 0.05) is 18.8 Å². The van der Waals surface area contributed by atoms with Crippen LogP contribution in [0.15, 0.2) is 24.3 Å². The third-order valence-corrected chi connectivity index (χ3v) is 5.85. The average Bonchev–Trinajstić information content (AvgIpc) is 2.87. The molecule has 0 unspecified atom stereocenters. The second-order valence-corrected chi connectivity index (χ2v) is 7.84. The number of urea groups is 1. The number of alkyl halides is 3. The first-order chi connectivity index (χ1) is 13.1. The van der Waals surface area contributed by atoms with Gasteiger partial charge in [0.15, 0.2) is 0 Å². The van der Waals surface area contributed by atoms with E-state index in [0.717, 1.165) is 25.9 Å². The molecule has 1 aromatic carbocycles. The van der Waals surface area contributed by atoms with E-state index in [4.69, 9.17) is 4.74 Å². The second-order valence-electron chi connectivity index (χ2n) is 6.78.